The molecule has 1 heterocycles. The number of rotatable bonds is 4. The summed E-state index contributed by atoms with van der Waals surface area (Å²) >= 11 is 5.68. The van der Waals surface area contributed by atoms with Crippen molar-refractivity contribution in [2.24, 2.45) is 0 Å². The van der Waals surface area contributed by atoms with Gasteiger partial charge in [0.15, 0.2) is 0 Å². The van der Waals surface area contributed by atoms with Crippen LogP contribution in [-0.2, 0) is 6.42 Å². The van der Waals surface area contributed by atoms with Gasteiger partial charge in [-0.15, -0.1) is 0 Å². The summed E-state index contributed by atoms with van der Waals surface area (Å²) in [5.74, 6) is 0.760. The summed E-state index contributed by atoms with van der Waals surface area (Å²) in [4.78, 5) is 7.87. The van der Waals surface area contributed by atoms with E-state index < -0.39 is 0 Å². The highest BCUT2D eigenvalue weighted by Gasteiger charge is 1.96. The molecule has 3 nitrogen and oxygen atoms in total. The molecule has 1 N–H and O–H groups in total. The smallest absolute Gasteiger partial charge is 0.224 e. The van der Waals surface area contributed by atoms with Crippen LogP contribution in [0.2, 0.25) is 5.28 Å². The summed E-state index contributed by atoms with van der Waals surface area (Å²) in [5, 5.41) is 3.47. The Hall–Kier alpha value is -1.61. The molecule has 82 valence electrons. The molecule has 0 saturated carbocycles. The molecule has 1 aromatic carbocycles. The molecule has 0 radical (unpaired) electrons. The second kappa shape index (κ2) is 5.47. The molecule has 0 bridgehead atoms. The van der Waals surface area contributed by atoms with Gasteiger partial charge in [0.25, 0.3) is 0 Å². The fourth-order valence-corrected chi connectivity index (χ4v) is 1.56. The predicted octanol–water partition coefficient (Wildman–Crippen LogP) is 2.78. The van der Waals surface area contributed by atoms with Crippen LogP contribution in [-0.4, -0.2) is 16.5 Å². The lowest BCUT2D eigenvalue weighted by Crippen LogP contribution is -2.06. The van der Waals surface area contributed by atoms with E-state index in [1.807, 2.05) is 18.2 Å². The minimum atomic E-state index is 0.268. The van der Waals surface area contributed by atoms with Crippen LogP contribution < -0.4 is 5.32 Å². The Morgan fingerprint density at radius 2 is 1.94 bits per heavy atom. The van der Waals surface area contributed by atoms with Crippen molar-refractivity contribution in [2.75, 3.05) is 11.9 Å². The summed E-state index contributed by atoms with van der Waals surface area (Å²) in [6.45, 7) is 0.831. The Kier molecular flexibility index (Phi) is 3.72. The normalized spacial score (nSPS) is 10.1. The number of anilines is 1. The first kappa shape index (κ1) is 10.9. The van der Waals surface area contributed by atoms with Gasteiger partial charge in [-0.3, -0.25) is 0 Å². The molecule has 0 unspecified atom stereocenters. The molecule has 0 atom stereocenters. The maximum Gasteiger partial charge on any atom is 0.224 e. The van der Waals surface area contributed by atoms with Gasteiger partial charge in [-0.2, -0.15) is 0 Å². The van der Waals surface area contributed by atoms with Crippen LogP contribution in [0.3, 0.4) is 0 Å². The van der Waals surface area contributed by atoms with Crippen molar-refractivity contribution in [3.63, 3.8) is 0 Å². The average Bonchev–Trinajstić information content (AvgIpc) is 2.30. The predicted molar refractivity (Wildman–Crippen MR) is 65.7 cm³/mol. The summed E-state index contributed by atoms with van der Waals surface area (Å²) in [5.41, 5.74) is 1.30. The van der Waals surface area contributed by atoms with Crippen LogP contribution in [0.5, 0.6) is 0 Å². The average molecular weight is 234 g/mol. The highest BCUT2D eigenvalue weighted by atomic mass is 35.5. The molecule has 0 spiro atoms. The zero-order chi connectivity index (χ0) is 11.2. The third-order valence-electron chi connectivity index (χ3n) is 2.19. The van der Waals surface area contributed by atoms with Crippen LogP contribution in [0, 0.1) is 0 Å². The summed E-state index contributed by atoms with van der Waals surface area (Å²) in [7, 11) is 0. The van der Waals surface area contributed by atoms with E-state index in [0.29, 0.717) is 0 Å². The lowest BCUT2D eigenvalue weighted by Gasteiger charge is -2.05. The van der Waals surface area contributed by atoms with Gasteiger partial charge in [0, 0.05) is 12.7 Å². The van der Waals surface area contributed by atoms with E-state index in [-0.39, 0.29) is 5.28 Å². The van der Waals surface area contributed by atoms with Crippen molar-refractivity contribution < 1.29 is 0 Å². The zero-order valence-corrected chi connectivity index (χ0v) is 9.48. The number of aromatic nitrogens is 2. The van der Waals surface area contributed by atoms with E-state index in [9.17, 15) is 0 Å². The third-order valence-corrected chi connectivity index (χ3v) is 2.37. The second-order valence-corrected chi connectivity index (χ2v) is 3.71. The first-order valence-corrected chi connectivity index (χ1v) is 5.49. The van der Waals surface area contributed by atoms with E-state index in [1.165, 1.54) is 5.56 Å². The number of hydrogen-bond acceptors (Lipinski definition) is 3. The molecule has 16 heavy (non-hydrogen) atoms. The third kappa shape index (κ3) is 3.21. The highest BCUT2D eigenvalue weighted by molar-refractivity contribution is 6.28. The number of hydrogen-bond donors (Lipinski definition) is 1. The molecule has 2 rings (SSSR count). The van der Waals surface area contributed by atoms with Gasteiger partial charge in [-0.05, 0) is 29.7 Å². The molecule has 0 fully saturated rings. The van der Waals surface area contributed by atoms with Crippen LogP contribution in [0.4, 0.5) is 5.82 Å². The standard InChI is InChI=1S/C12H12ClN3/c13-12-15-9-7-11(16-12)14-8-6-10-4-2-1-3-5-10/h1-5,7,9H,6,8H2,(H,14,15,16). The largest absolute Gasteiger partial charge is 0.370 e. The van der Waals surface area contributed by atoms with Crippen LogP contribution in [0.15, 0.2) is 42.6 Å². The van der Waals surface area contributed by atoms with Gasteiger partial charge in [-0.1, -0.05) is 30.3 Å². The van der Waals surface area contributed by atoms with Crippen molar-refractivity contribution in [1.82, 2.24) is 9.97 Å². The minimum absolute atomic E-state index is 0.268. The molecule has 0 amide bonds. The van der Waals surface area contributed by atoms with Crippen LogP contribution >= 0.6 is 11.6 Å². The molecule has 0 aliphatic rings. The number of halogens is 1. The molecule has 0 aliphatic carbocycles. The topological polar surface area (TPSA) is 37.8 Å². The Balaban J connectivity index is 1.85. The number of nitrogens with one attached hydrogen (secondary N) is 1. The quantitative estimate of drug-likeness (QED) is 0.826. The lowest BCUT2D eigenvalue weighted by molar-refractivity contribution is 0.999. The van der Waals surface area contributed by atoms with Gasteiger partial charge in [0.2, 0.25) is 5.28 Å². The Bertz CT molecular complexity index is 445. The first-order chi connectivity index (χ1) is 7.84. The fourth-order valence-electron chi connectivity index (χ4n) is 1.41. The maximum atomic E-state index is 5.68. The SMILES string of the molecule is Clc1nccc(NCCc2ccccc2)n1. The Morgan fingerprint density at radius 3 is 2.69 bits per heavy atom. The van der Waals surface area contributed by atoms with E-state index >= 15 is 0 Å². The number of nitrogens with zero attached hydrogens (tertiary/aromatic N) is 2. The highest BCUT2D eigenvalue weighted by Crippen LogP contribution is 2.06. The van der Waals surface area contributed by atoms with Gasteiger partial charge in [0.1, 0.15) is 5.82 Å². The van der Waals surface area contributed by atoms with Crippen LogP contribution in [0.25, 0.3) is 0 Å². The van der Waals surface area contributed by atoms with Gasteiger partial charge < -0.3 is 5.32 Å². The van der Waals surface area contributed by atoms with E-state index in [1.54, 1.807) is 12.3 Å². The van der Waals surface area contributed by atoms with Gasteiger partial charge in [-0.25, -0.2) is 9.97 Å². The molecular weight excluding hydrogens is 222 g/mol. The Morgan fingerprint density at radius 1 is 1.12 bits per heavy atom. The van der Waals surface area contributed by atoms with Crippen molar-refractivity contribution in [2.45, 2.75) is 6.42 Å². The summed E-state index contributed by atoms with van der Waals surface area (Å²) in [6.07, 6.45) is 2.60. The van der Waals surface area contributed by atoms with Crippen LogP contribution in [0.1, 0.15) is 5.56 Å². The monoisotopic (exact) mass is 233 g/mol. The van der Waals surface area contributed by atoms with Crippen molar-refractivity contribution in [3.05, 3.63) is 53.4 Å². The lowest BCUT2D eigenvalue weighted by atomic mass is 10.1. The first-order valence-electron chi connectivity index (χ1n) is 5.11. The van der Waals surface area contributed by atoms with E-state index in [4.69, 9.17) is 11.6 Å². The molecule has 0 aliphatic heterocycles. The molecular formula is C12H12ClN3. The number of benzene rings is 1. The van der Waals surface area contributed by atoms with E-state index in [2.05, 4.69) is 27.4 Å². The van der Waals surface area contributed by atoms with Gasteiger partial charge in [0.05, 0.1) is 0 Å². The summed E-state index contributed by atoms with van der Waals surface area (Å²) < 4.78 is 0. The van der Waals surface area contributed by atoms with E-state index in [0.717, 1.165) is 18.8 Å². The maximum absolute atomic E-state index is 5.68. The molecule has 2 aromatic rings. The van der Waals surface area contributed by atoms with Crippen molar-refractivity contribution in [3.8, 4) is 0 Å². The zero-order valence-electron chi connectivity index (χ0n) is 8.73. The minimum Gasteiger partial charge on any atom is -0.370 e. The molecule has 0 saturated heterocycles. The molecule has 4 heteroatoms. The molecule has 1 aromatic heterocycles. The summed E-state index contributed by atoms with van der Waals surface area (Å²) in [6, 6.07) is 12.1. The second-order valence-electron chi connectivity index (χ2n) is 3.37. The van der Waals surface area contributed by atoms with Gasteiger partial charge >= 0.3 is 0 Å². The Labute approximate surface area is 99.5 Å². The van der Waals surface area contributed by atoms with Crippen molar-refractivity contribution in [1.29, 1.82) is 0 Å². The fraction of sp³-hybridized carbons (Fsp3) is 0.167. The van der Waals surface area contributed by atoms with Crippen molar-refractivity contribution >= 4 is 17.4 Å².